The third kappa shape index (κ3) is 3.29. The number of carbonyl (C=O) groups excluding carboxylic acids is 3. The second kappa shape index (κ2) is 7.10. The van der Waals surface area contributed by atoms with Crippen LogP contribution in [-0.2, 0) is 16.1 Å². The first-order valence-corrected chi connectivity index (χ1v) is 8.46. The fourth-order valence-electron chi connectivity index (χ4n) is 2.86. The molecule has 1 N–H and O–H groups in total. The summed E-state index contributed by atoms with van der Waals surface area (Å²) in [5.74, 6) is 0.357. The Bertz CT molecular complexity index is 992. The molecule has 2 aliphatic heterocycles. The normalized spacial score (nSPS) is 17.0. The third-order valence-electron chi connectivity index (χ3n) is 4.20. The number of hydrogen-bond donors (Lipinski definition) is 1. The molecule has 144 valence electrons. The van der Waals surface area contributed by atoms with Gasteiger partial charge in [-0.1, -0.05) is 6.07 Å². The van der Waals surface area contributed by atoms with Gasteiger partial charge in [0.05, 0.1) is 13.7 Å². The minimum absolute atomic E-state index is 0.00315. The monoisotopic (exact) mass is 384 g/mol. The van der Waals surface area contributed by atoms with Crippen LogP contribution in [0.1, 0.15) is 21.9 Å². The second-order valence-corrected chi connectivity index (χ2v) is 6.04. The lowest BCUT2D eigenvalue weighted by Gasteiger charge is -2.18. The zero-order valence-corrected chi connectivity index (χ0v) is 14.9. The number of imide groups is 1. The summed E-state index contributed by atoms with van der Waals surface area (Å²) in [5.41, 5.74) is 0.808. The summed E-state index contributed by atoms with van der Waals surface area (Å²) in [5, 5.41) is 2.54. The molecule has 0 saturated carbocycles. The molecule has 4 rings (SSSR count). The van der Waals surface area contributed by atoms with Gasteiger partial charge in [0.25, 0.3) is 5.91 Å². The first-order valence-electron chi connectivity index (χ1n) is 8.46. The highest BCUT2D eigenvalue weighted by atomic mass is 16.6. The van der Waals surface area contributed by atoms with Crippen molar-refractivity contribution >= 4 is 24.0 Å². The maximum Gasteiger partial charge on any atom is 0.373 e. The first-order chi connectivity index (χ1) is 13.5. The highest BCUT2D eigenvalue weighted by Gasteiger charge is 2.34. The molecule has 0 atom stereocenters. The summed E-state index contributed by atoms with van der Waals surface area (Å²) >= 11 is 0. The molecule has 1 aromatic heterocycles. The van der Waals surface area contributed by atoms with Crippen LogP contribution in [0.15, 0.2) is 40.4 Å². The zero-order chi connectivity index (χ0) is 19.7. The van der Waals surface area contributed by atoms with E-state index in [-0.39, 0.29) is 23.8 Å². The standard InChI is InChI=1S/C19H16N2O7/c1-25-18(23)15-5-3-12(28-15)10-21-17(22)13(20-19(21)24)8-11-2-4-14-16(9-11)27-7-6-26-14/h2-5,8-9H,6-7,10H2,1H3,(H,20,24). The Kier molecular flexibility index (Phi) is 4.48. The molecule has 3 amide bonds. The fourth-order valence-corrected chi connectivity index (χ4v) is 2.86. The van der Waals surface area contributed by atoms with Crippen molar-refractivity contribution in [3.8, 4) is 11.5 Å². The van der Waals surface area contributed by atoms with Gasteiger partial charge in [-0.15, -0.1) is 0 Å². The van der Waals surface area contributed by atoms with E-state index in [0.717, 1.165) is 4.90 Å². The summed E-state index contributed by atoms with van der Waals surface area (Å²) in [7, 11) is 1.23. The number of benzene rings is 1. The molecule has 1 aromatic carbocycles. The van der Waals surface area contributed by atoms with Gasteiger partial charge in [0.2, 0.25) is 5.76 Å². The van der Waals surface area contributed by atoms with E-state index in [9.17, 15) is 14.4 Å². The molecule has 1 fully saturated rings. The number of methoxy groups -OCH3 is 1. The summed E-state index contributed by atoms with van der Waals surface area (Å²) < 4.78 is 20.9. The van der Waals surface area contributed by atoms with Crippen LogP contribution in [0.3, 0.4) is 0 Å². The van der Waals surface area contributed by atoms with E-state index in [1.54, 1.807) is 24.3 Å². The van der Waals surface area contributed by atoms with Crippen molar-refractivity contribution in [2.24, 2.45) is 0 Å². The molecule has 2 aliphatic rings. The summed E-state index contributed by atoms with van der Waals surface area (Å²) in [6.07, 6.45) is 1.56. The highest BCUT2D eigenvalue weighted by Crippen LogP contribution is 2.31. The minimum Gasteiger partial charge on any atom is -0.486 e. The third-order valence-corrected chi connectivity index (χ3v) is 4.20. The number of nitrogens with zero attached hydrogens (tertiary/aromatic N) is 1. The molecule has 3 heterocycles. The number of fused-ring (bicyclic) bond motifs is 1. The Morgan fingerprint density at radius 3 is 2.75 bits per heavy atom. The van der Waals surface area contributed by atoms with Gasteiger partial charge < -0.3 is 23.9 Å². The van der Waals surface area contributed by atoms with E-state index in [2.05, 4.69) is 10.1 Å². The van der Waals surface area contributed by atoms with Crippen molar-refractivity contribution in [3.63, 3.8) is 0 Å². The Hall–Kier alpha value is -3.75. The first kappa shape index (κ1) is 17.7. The van der Waals surface area contributed by atoms with Gasteiger partial charge in [0.1, 0.15) is 24.7 Å². The SMILES string of the molecule is COC(=O)c1ccc(CN2C(=O)NC(=Cc3ccc4c(c3)OCCO4)C2=O)o1. The smallest absolute Gasteiger partial charge is 0.373 e. The Morgan fingerprint density at radius 1 is 1.18 bits per heavy atom. The van der Waals surface area contributed by atoms with Gasteiger partial charge >= 0.3 is 12.0 Å². The molecule has 9 heteroatoms. The summed E-state index contributed by atoms with van der Waals surface area (Å²) in [6, 6.07) is 7.60. The van der Waals surface area contributed by atoms with Gasteiger partial charge in [-0.05, 0) is 35.9 Å². The predicted molar refractivity (Wildman–Crippen MR) is 94.5 cm³/mol. The Labute approximate surface area is 159 Å². The number of amides is 3. The molecule has 2 aromatic rings. The van der Waals surface area contributed by atoms with Crippen LogP contribution in [0.5, 0.6) is 11.5 Å². The van der Waals surface area contributed by atoms with Crippen molar-refractivity contribution in [2.75, 3.05) is 20.3 Å². The molecule has 1 saturated heterocycles. The number of urea groups is 1. The van der Waals surface area contributed by atoms with Crippen molar-refractivity contribution in [3.05, 3.63) is 53.1 Å². The van der Waals surface area contributed by atoms with E-state index in [0.29, 0.717) is 30.3 Å². The number of rotatable bonds is 4. The number of esters is 1. The average molecular weight is 384 g/mol. The lowest BCUT2D eigenvalue weighted by Crippen LogP contribution is -2.30. The average Bonchev–Trinajstić information content (AvgIpc) is 3.28. The molecule has 0 bridgehead atoms. The molecule has 0 spiro atoms. The number of carbonyl (C=O) groups is 3. The van der Waals surface area contributed by atoms with Gasteiger partial charge in [-0.3, -0.25) is 9.69 Å². The minimum atomic E-state index is -0.636. The van der Waals surface area contributed by atoms with Crippen LogP contribution < -0.4 is 14.8 Å². The number of hydrogen-bond acceptors (Lipinski definition) is 7. The van der Waals surface area contributed by atoms with Crippen LogP contribution in [0.2, 0.25) is 0 Å². The topological polar surface area (TPSA) is 107 Å². The molecular formula is C19H16N2O7. The highest BCUT2D eigenvalue weighted by molar-refractivity contribution is 6.13. The lowest BCUT2D eigenvalue weighted by atomic mass is 10.1. The maximum absolute atomic E-state index is 12.6. The molecule has 0 aliphatic carbocycles. The van der Waals surface area contributed by atoms with Crippen LogP contribution in [0.4, 0.5) is 4.79 Å². The van der Waals surface area contributed by atoms with Gasteiger partial charge in [0, 0.05) is 0 Å². The number of ether oxygens (including phenoxy) is 3. The molecule has 28 heavy (non-hydrogen) atoms. The van der Waals surface area contributed by atoms with E-state index >= 15 is 0 Å². The van der Waals surface area contributed by atoms with Crippen molar-refractivity contribution in [1.29, 1.82) is 0 Å². The van der Waals surface area contributed by atoms with E-state index < -0.39 is 17.9 Å². The number of nitrogens with one attached hydrogen (secondary N) is 1. The van der Waals surface area contributed by atoms with Gasteiger partial charge in [-0.25, -0.2) is 9.59 Å². The van der Waals surface area contributed by atoms with E-state index in [1.165, 1.54) is 19.2 Å². The molecule has 0 unspecified atom stereocenters. The Morgan fingerprint density at radius 2 is 1.96 bits per heavy atom. The fraction of sp³-hybridized carbons (Fsp3) is 0.211. The van der Waals surface area contributed by atoms with Crippen molar-refractivity contribution in [1.82, 2.24) is 10.2 Å². The van der Waals surface area contributed by atoms with E-state index in [4.69, 9.17) is 13.9 Å². The van der Waals surface area contributed by atoms with Crippen molar-refractivity contribution in [2.45, 2.75) is 6.54 Å². The Balaban J connectivity index is 1.51. The van der Waals surface area contributed by atoms with Crippen LogP contribution >= 0.6 is 0 Å². The zero-order valence-electron chi connectivity index (χ0n) is 14.9. The van der Waals surface area contributed by atoms with Crippen molar-refractivity contribution < 1.29 is 33.0 Å². The lowest BCUT2D eigenvalue weighted by molar-refractivity contribution is -0.123. The quantitative estimate of drug-likeness (QED) is 0.488. The molecular weight excluding hydrogens is 368 g/mol. The predicted octanol–water partition coefficient (Wildman–Crippen LogP) is 1.93. The largest absolute Gasteiger partial charge is 0.486 e. The summed E-state index contributed by atoms with van der Waals surface area (Å²) in [4.78, 5) is 37.2. The second-order valence-electron chi connectivity index (χ2n) is 6.04. The van der Waals surface area contributed by atoms with Crippen LogP contribution in [0, 0.1) is 0 Å². The molecule has 9 nitrogen and oxygen atoms in total. The van der Waals surface area contributed by atoms with Gasteiger partial charge in [0.15, 0.2) is 11.5 Å². The van der Waals surface area contributed by atoms with E-state index in [1.807, 2.05) is 0 Å². The van der Waals surface area contributed by atoms with Gasteiger partial charge in [-0.2, -0.15) is 0 Å². The van der Waals surface area contributed by atoms with Crippen LogP contribution in [-0.4, -0.2) is 43.1 Å². The number of furan rings is 1. The summed E-state index contributed by atoms with van der Waals surface area (Å²) in [6.45, 7) is 0.828. The maximum atomic E-state index is 12.6. The molecule has 0 radical (unpaired) electrons. The van der Waals surface area contributed by atoms with Crippen LogP contribution in [0.25, 0.3) is 6.08 Å².